The second-order valence-corrected chi connectivity index (χ2v) is 5.03. The largest absolute Gasteiger partial charge is 0.149 e. The average Bonchev–Trinajstić information content (AvgIpc) is 2.12. The first kappa shape index (κ1) is 8.09. The number of rotatable bonds is 2. The molecular formula is C8H11ClS. The molecule has 0 bridgehead atoms. The molecule has 56 valence electrons. The molecule has 0 N–H and O–H groups in total. The molecule has 0 spiro atoms. The van der Waals surface area contributed by atoms with Crippen LogP contribution in [0.2, 0.25) is 0 Å². The van der Waals surface area contributed by atoms with E-state index in [9.17, 15) is 0 Å². The molecule has 0 aliphatic rings. The van der Waals surface area contributed by atoms with Crippen LogP contribution in [0.5, 0.6) is 0 Å². The fraction of sp³-hybridized carbons (Fsp3) is 0.500. The Hall–Kier alpha value is -0.0100. The maximum Gasteiger partial charge on any atom is 0.0438 e. The van der Waals surface area contributed by atoms with Crippen molar-refractivity contribution in [2.24, 2.45) is 0 Å². The van der Waals surface area contributed by atoms with Crippen LogP contribution in [-0.4, -0.2) is 4.87 Å². The lowest BCUT2D eigenvalue weighted by Crippen LogP contribution is -2.12. The number of alkyl halides is 1. The Kier molecular flexibility index (Phi) is 2.37. The zero-order valence-corrected chi connectivity index (χ0v) is 7.80. The lowest BCUT2D eigenvalue weighted by molar-refractivity contribution is 0.701. The van der Waals surface area contributed by atoms with Crippen LogP contribution in [0, 0.1) is 0 Å². The van der Waals surface area contributed by atoms with Gasteiger partial charge in [0, 0.05) is 16.2 Å². The third-order valence-electron chi connectivity index (χ3n) is 1.17. The van der Waals surface area contributed by atoms with E-state index in [4.69, 9.17) is 11.6 Å². The number of hydrogen-bond donors (Lipinski definition) is 0. The maximum absolute atomic E-state index is 6.03. The van der Waals surface area contributed by atoms with Crippen LogP contribution in [-0.2, 0) is 6.42 Å². The third-order valence-corrected chi connectivity index (χ3v) is 2.18. The summed E-state index contributed by atoms with van der Waals surface area (Å²) in [5, 5.41) is 2.08. The fourth-order valence-corrected chi connectivity index (χ4v) is 1.98. The van der Waals surface area contributed by atoms with Crippen molar-refractivity contribution >= 4 is 22.9 Å². The molecule has 0 aromatic carbocycles. The molecule has 2 heteroatoms. The van der Waals surface area contributed by atoms with Crippen molar-refractivity contribution < 1.29 is 0 Å². The summed E-state index contributed by atoms with van der Waals surface area (Å²) in [6.07, 6.45) is 0.965. The van der Waals surface area contributed by atoms with Crippen molar-refractivity contribution in [3.8, 4) is 0 Å². The van der Waals surface area contributed by atoms with Crippen LogP contribution in [0.1, 0.15) is 18.7 Å². The second kappa shape index (κ2) is 2.93. The van der Waals surface area contributed by atoms with E-state index in [2.05, 4.69) is 17.5 Å². The van der Waals surface area contributed by atoms with Gasteiger partial charge in [-0.3, -0.25) is 0 Å². The first-order valence-electron chi connectivity index (χ1n) is 3.29. The molecule has 0 saturated heterocycles. The SMILES string of the molecule is CC(C)(Cl)Cc1cccs1. The van der Waals surface area contributed by atoms with Crippen molar-refractivity contribution in [2.75, 3.05) is 0 Å². The van der Waals surface area contributed by atoms with Crippen LogP contribution in [0.4, 0.5) is 0 Å². The Balaban J connectivity index is 2.57. The summed E-state index contributed by atoms with van der Waals surface area (Å²) in [7, 11) is 0. The molecule has 1 heterocycles. The summed E-state index contributed by atoms with van der Waals surface area (Å²) in [5.74, 6) is 0. The van der Waals surface area contributed by atoms with Gasteiger partial charge in [0.05, 0.1) is 0 Å². The van der Waals surface area contributed by atoms with Crippen LogP contribution < -0.4 is 0 Å². The molecule has 0 nitrogen and oxygen atoms in total. The molecule has 0 saturated carbocycles. The van der Waals surface area contributed by atoms with Gasteiger partial charge >= 0.3 is 0 Å². The maximum atomic E-state index is 6.03. The zero-order chi connectivity index (χ0) is 7.61. The molecule has 0 aliphatic heterocycles. The molecule has 0 amide bonds. The quantitative estimate of drug-likeness (QED) is 0.604. The first-order chi connectivity index (χ1) is 4.58. The van der Waals surface area contributed by atoms with Crippen molar-refractivity contribution in [3.05, 3.63) is 22.4 Å². The van der Waals surface area contributed by atoms with E-state index in [1.807, 2.05) is 13.8 Å². The second-order valence-electron chi connectivity index (χ2n) is 2.97. The number of hydrogen-bond acceptors (Lipinski definition) is 1. The molecule has 0 unspecified atom stereocenters. The smallest absolute Gasteiger partial charge is 0.0438 e. The first-order valence-corrected chi connectivity index (χ1v) is 4.55. The Labute approximate surface area is 70.8 Å². The molecule has 0 fully saturated rings. The molecule has 1 aromatic rings. The van der Waals surface area contributed by atoms with E-state index in [1.54, 1.807) is 11.3 Å². The standard InChI is InChI=1S/C8H11ClS/c1-8(2,9)6-7-4-3-5-10-7/h3-5H,6H2,1-2H3. The van der Waals surface area contributed by atoms with Crippen molar-refractivity contribution in [1.82, 2.24) is 0 Å². The summed E-state index contributed by atoms with van der Waals surface area (Å²) in [6.45, 7) is 4.07. The molecule has 0 atom stereocenters. The Bertz CT molecular complexity index is 184. The van der Waals surface area contributed by atoms with E-state index in [-0.39, 0.29) is 4.87 Å². The highest BCUT2D eigenvalue weighted by Crippen LogP contribution is 2.22. The molecule has 1 aromatic heterocycles. The van der Waals surface area contributed by atoms with Crippen LogP contribution in [0.25, 0.3) is 0 Å². The Morgan fingerprint density at radius 2 is 2.30 bits per heavy atom. The van der Waals surface area contributed by atoms with E-state index in [1.165, 1.54) is 4.88 Å². The van der Waals surface area contributed by atoms with E-state index >= 15 is 0 Å². The van der Waals surface area contributed by atoms with Crippen LogP contribution >= 0.6 is 22.9 Å². The van der Waals surface area contributed by atoms with Gasteiger partial charge in [0.15, 0.2) is 0 Å². The fourth-order valence-electron chi connectivity index (χ4n) is 0.827. The highest BCUT2D eigenvalue weighted by Gasteiger charge is 2.13. The predicted molar refractivity (Wildman–Crippen MR) is 48.0 cm³/mol. The van der Waals surface area contributed by atoms with E-state index in [0.29, 0.717) is 0 Å². The van der Waals surface area contributed by atoms with Crippen molar-refractivity contribution in [3.63, 3.8) is 0 Å². The minimum absolute atomic E-state index is 0.0924. The summed E-state index contributed by atoms with van der Waals surface area (Å²) in [4.78, 5) is 1.27. The van der Waals surface area contributed by atoms with Crippen molar-refractivity contribution in [1.29, 1.82) is 0 Å². The lowest BCUT2D eigenvalue weighted by Gasteiger charge is -2.12. The highest BCUT2D eigenvalue weighted by atomic mass is 35.5. The van der Waals surface area contributed by atoms with E-state index < -0.39 is 0 Å². The predicted octanol–water partition coefficient (Wildman–Crippen LogP) is 3.31. The average molecular weight is 175 g/mol. The van der Waals surface area contributed by atoms with Crippen LogP contribution in [0.15, 0.2) is 17.5 Å². The van der Waals surface area contributed by atoms with Gasteiger partial charge in [-0.2, -0.15) is 0 Å². The zero-order valence-electron chi connectivity index (χ0n) is 6.23. The molecule has 0 radical (unpaired) electrons. The Morgan fingerprint density at radius 3 is 2.70 bits per heavy atom. The summed E-state index contributed by atoms with van der Waals surface area (Å²) in [6, 6.07) is 4.18. The molecular weight excluding hydrogens is 164 g/mol. The highest BCUT2D eigenvalue weighted by molar-refractivity contribution is 7.09. The summed E-state index contributed by atoms with van der Waals surface area (Å²) >= 11 is 7.80. The lowest BCUT2D eigenvalue weighted by atomic mass is 10.1. The molecule has 10 heavy (non-hydrogen) atoms. The van der Waals surface area contributed by atoms with Crippen molar-refractivity contribution in [2.45, 2.75) is 25.1 Å². The van der Waals surface area contributed by atoms with E-state index in [0.717, 1.165) is 6.42 Å². The van der Waals surface area contributed by atoms with Gasteiger partial charge < -0.3 is 0 Å². The Morgan fingerprint density at radius 1 is 1.60 bits per heavy atom. The summed E-state index contributed by atoms with van der Waals surface area (Å²) < 4.78 is 0. The minimum Gasteiger partial charge on any atom is -0.149 e. The van der Waals surface area contributed by atoms with Crippen LogP contribution in [0.3, 0.4) is 0 Å². The normalized spacial score (nSPS) is 11.9. The molecule has 1 rings (SSSR count). The molecule has 0 aliphatic carbocycles. The summed E-state index contributed by atoms with van der Waals surface area (Å²) in [5.41, 5.74) is 0. The van der Waals surface area contributed by atoms with Gasteiger partial charge in [-0.25, -0.2) is 0 Å². The third kappa shape index (κ3) is 2.72. The number of thiophene rings is 1. The van der Waals surface area contributed by atoms with Gasteiger partial charge in [-0.15, -0.1) is 22.9 Å². The topological polar surface area (TPSA) is 0 Å². The van der Waals surface area contributed by atoms with Gasteiger partial charge in [-0.05, 0) is 25.3 Å². The van der Waals surface area contributed by atoms with Gasteiger partial charge in [-0.1, -0.05) is 6.07 Å². The number of halogens is 1. The monoisotopic (exact) mass is 174 g/mol. The minimum atomic E-state index is -0.0924. The van der Waals surface area contributed by atoms with Gasteiger partial charge in [0.2, 0.25) is 0 Å². The van der Waals surface area contributed by atoms with Gasteiger partial charge in [0.1, 0.15) is 0 Å². The van der Waals surface area contributed by atoms with Gasteiger partial charge in [0.25, 0.3) is 0 Å².